The van der Waals surface area contributed by atoms with Crippen LogP contribution >= 0.6 is 0 Å². The molecule has 4 aromatic rings. The van der Waals surface area contributed by atoms with Gasteiger partial charge in [0.1, 0.15) is 16.4 Å². The van der Waals surface area contributed by atoms with Gasteiger partial charge in [0, 0.05) is 18.7 Å². The van der Waals surface area contributed by atoms with Crippen molar-refractivity contribution in [1.82, 2.24) is 19.3 Å². The summed E-state index contributed by atoms with van der Waals surface area (Å²) in [6, 6.07) is 17.5. The van der Waals surface area contributed by atoms with Crippen molar-refractivity contribution in [2.45, 2.75) is 44.6 Å². The van der Waals surface area contributed by atoms with Gasteiger partial charge in [-0.25, -0.2) is 13.1 Å². The van der Waals surface area contributed by atoms with E-state index in [9.17, 15) is 21.6 Å². The van der Waals surface area contributed by atoms with Gasteiger partial charge in [0.05, 0.1) is 36.2 Å². The smallest absolute Gasteiger partial charge is 0.416 e. The fraction of sp³-hybridized carbons (Fsp3) is 0.286. The number of hydrogen-bond donors (Lipinski definition) is 1. The van der Waals surface area contributed by atoms with E-state index in [0.717, 1.165) is 6.07 Å². The van der Waals surface area contributed by atoms with Crippen molar-refractivity contribution in [3.63, 3.8) is 0 Å². The van der Waals surface area contributed by atoms with Gasteiger partial charge in [0.25, 0.3) is 0 Å². The summed E-state index contributed by atoms with van der Waals surface area (Å²) in [6.07, 6.45) is -3.05. The number of nitrogens with zero attached hydrogens (tertiary/aromatic N) is 4. The molecule has 0 unspecified atom stereocenters. The summed E-state index contributed by atoms with van der Waals surface area (Å²) in [6.45, 7) is 4.28. The van der Waals surface area contributed by atoms with Gasteiger partial charge < -0.3 is 10.1 Å². The van der Waals surface area contributed by atoms with E-state index < -0.39 is 21.8 Å². The third kappa shape index (κ3) is 5.82. The lowest BCUT2D eigenvalue weighted by Crippen LogP contribution is -2.32. The minimum Gasteiger partial charge on any atom is -0.456 e. The fourth-order valence-electron chi connectivity index (χ4n) is 4.49. The van der Waals surface area contributed by atoms with Crippen molar-refractivity contribution in [2.24, 2.45) is 5.92 Å². The van der Waals surface area contributed by atoms with Crippen LogP contribution in [-0.2, 0) is 35.8 Å². The van der Waals surface area contributed by atoms with Crippen LogP contribution in [0.4, 0.5) is 18.9 Å². The van der Waals surface area contributed by atoms with Crippen LogP contribution in [-0.4, -0.2) is 34.3 Å². The molecule has 0 aliphatic carbocycles. The number of nitrogens with one attached hydrogen (secondary N) is 1. The predicted octanol–water partition coefficient (Wildman–Crippen LogP) is 5.91. The molecule has 0 spiro atoms. The Morgan fingerprint density at radius 3 is 2.48 bits per heavy atom. The Labute approximate surface area is 230 Å². The van der Waals surface area contributed by atoms with Gasteiger partial charge in [0.2, 0.25) is 10.0 Å². The number of ether oxygens (including phenoxy) is 1. The Kier molecular flexibility index (Phi) is 7.56. The molecule has 0 radical (unpaired) electrons. The number of aromatic nitrogens is 3. The lowest BCUT2D eigenvalue weighted by Gasteiger charge is -2.28. The summed E-state index contributed by atoms with van der Waals surface area (Å²) in [5.41, 5.74) is 0.646. The van der Waals surface area contributed by atoms with Crippen molar-refractivity contribution < 1.29 is 26.3 Å². The minimum absolute atomic E-state index is 0.000227. The second-order valence-corrected chi connectivity index (χ2v) is 11.8. The zero-order valence-electron chi connectivity index (χ0n) is 21.9. The van der Waals surface area contributed by atoms with Gasteiger partial charge in [-0.2, -0.15) is 17.5 Å². The third-order valence-electron chi connectivity index (χ3n) is 6.40. The highest BCUT2D eigenvalue weighted by Gasteiger charge is 2.35. The van der Waals surface area contributed by atoms with Crippen molar-refractivity contribution in [1.29, 1.82) is 0 Å². The van der Waals surface area contributed by atoms with Gasteiger partial charge >= 0.3 is 6.18 Å². The number of benzene rings is 3. The topological polar surface area (TPSA) is 89.4 Å². The van der Waals surface area contributed by atoms with Gasteiger partial charge in [0.15, 0.2) is 0 Å². The maximum Gasteiger partial charge on any atom is 0.416 e. The number of hydrogen-bond acceptors (Lipinski definition) is 6. The second-order valence-electron chi connectivity index (χ2n) is 9.95. The molecular formula is C28H28F3N5O3S. The lowest BCUT2D eigenvalue weighted by atomic mass is 10.1. The molecule has 0 saturated heterocycles. The summed E-state index contributed by atoms with van der Waals surface area (Å²) in [4.78, 5) is 0.0108. The maximum atomic E-state index is 14.1. The summed E-state index contributed by atoms with van der Waals surface area (Å²) in [5, 5.41) is 11.3. The Morgan fingerprint density at radius 1 is 0.975 bits per heavy atom. The molecule has 0 saturated carbocycles. The highest BCUT2D eigenvalue weighted by atomic mass is 32.2. The zero-order valence-corrected chi connectivity index (χ0v) is 22.7. The molecule has 3 aromatic carbocycles. The number of alkyl halides is 3. The fourth-order valence-corrected chi connectivity index (χ4v) is 6.14. The molecule has 1 aliphatic rings. The number of sulfonamides is 1. The van der Waals surface area contributed by atoms with Crippen LogP contribution in [0.2, 0.25) is 0 Å². The molecule has 0 atom stereocenters. The van der Waals surface area contributed by atoms with Crippen molar-refractivity contribution in [2.75, 3.05) is 11.9 Å². The summed E-state index contributed by atoms with van der Waals surface area (Å²) in [5.74, 6) is 0.984. The Hall–Kier alpha value is -3.90. The molecule has 1 aliphatic heterocycles. The first-order valence-corrected chi connectivity index (χ1v) is 14.1. The van der Waals surface area contributed by atoms with Crippen LogP contribution in [0.1, 0.15) is 36.2 Å². The predicted molar refractivity (Wildman–Crippen MR) is 143 cm³/mol. The minimum atomic E-state index is -4.51. The van der Waals surface area contributed by atoms with Gasteiger partial charge in [-0.1, -0.05) is 61.5 Å². The van der Waals surface area contributed by atoms with Crippen molar-refractivity contribution >= 4 is 15.7 Å². The van der Waals surface area contributed by atoms with Crippen LogP contribution in [0.15, 0.2) is 77.8 Å². The number of rotatable bonds is 7. The number of anilines is 1. The molecule has 0 fully saturated rings. The lowest BCUT2D eigenvalue weighted by molar-refractivity contribution is -0.138. The van der Waals surface area contributed by atoms with Crippen LogP contribution in [0.5, 0.6) is 11.5 Å². The van der Waals surface area contributed by atoms with E-state index in [2.05, 4.69) is 15.6 Å². The van der Waals surface area contributed by atoms with E-state index in [1.54, 1.807) is 36.4 Å². The monoisotopic (exact) mass is 571 g/mol. The van der Waals surface area contributed by atoms with E-state index in [0.29, 0.717) is 29.2 Å². The zero-order chi connectivity index (χ0) is 28.5. The number of fused-ring (bicyclic) bond motifs is 2. The first kappa shape index (κ1) is 27.7. The van der Waals surface area contributed by atoms with E-state index in [1.807, 2.05) is 19.9 Å². The summed E-state index contributed by atoms with van der Waals surface area (Å²) < 4.78 is 77.3. The van der Waals surface area contributed by atoms with E-state index >= 15 is 0 Å². The second kappa shape index (κ2) is 10.9. The van der Waals surface area contributed by atoms with Gasteiger partial charge in [-0.15, -0.1) is 5.10 Å². The number of para-hydroxylation sites is 1. The van der Waals surface area contributed by atoms with Gasteiger partial charge in [-0.3, -0.25) is 0 Å². The molecule has 0 amide bonds. The molecule has 1 aromatic heterocycles. The highest BCUT2D eigenvalue weighted by molar-refractivity contribution is 7.89. The molecule has 40 heavy (non-hydrogen) atoms. The third-order valence-corrected chi connectivity index (χ3v) is 8.27. The van der Waals surface area contributed by atoms with Crippen LogP contribution in [0, 0.1) is 5.92 Å². The summed E-state index contributed by atoms with van der Waals surface area (Å²) in [7, 11) is -4.12. The summed E-state index contributed by atoms with van der Waals surface area (Å²) >= 11 is 0. The average molecular weight is 572 g/mol. The largest absolute Gasteiger partial charge is 0.456 e. The molecule has 8 nitrogen and oxygen atoms in total. The van der Waals surface area contributed by atoms with Crippen molar-refractivity contribution in [3.8, 4) is 11.5 Å². The average Bonchev–Trinajstić information content (AvgIpc) is 3.34. The first-order valence-electron chi connectivity index (χ1n) is 12.7. The Bertz CT molecular complexity index is 1620. The molecule has 1 N–H and O–H groups in total. The van der Waals surface area contributed by atoms with E-state index in [1.165, 1.54) is 33.4 Å². The van der Waals surface area contributed by atoms with Crippen LogP contribution in [0.25, 0.3) is 0 Å². The van der Waals surface area contributed by atoms with Crippen molar-refractivity contribution in [3.05, 3.63) is 95.3 Å². The molecule has 210 valence electrons. The highest BCUT2D eigenvalue weighted by Crippen LogP contribution is 2.41. The maximum absolute atomic E-state index is 14.1. The molecule has 5 rings (SSSR count). The molecular weight excluding hydrogens is 543 g/mol. The molecule has 12 heteroatoms. The molecule has 0 bridgehead atoms. The number of halogens is 3. The standard InChI is InChI=1S/C28H28F3N5O3S/c1-19(2)14-32-24-11-7-13-26-27(24)40(37,38)36(16-21-9-4-6-12-25(21)39-26)18-22-17-35(34-33-22)15-20-8-3-5-10-23(20)28(29,30)31/h3-13,17,19,32H,14-16,18H2,1-2H3. The Balaban J connectivity index is 1.50. The van der Waals surface area contributed by atoms with Crippen LogP contribution in [0.3, 0.4) is 0 Å². The van der Waals surface area contributed by atoms with E-state index in [4.69, 9.17) is 4.74 Å². The van der Waals surface area contributed by atoms with E-state index in [-0.39, 0.29) is 41.8 Å². The normalized spacial score (nSPS) is 15.1. The SMILES string of the molecule is CC(C)CNc1cccc2c1S(=O)(=O)N(Cc1cn(Cc3ccccc3C(F)(F)F)nn1)Cc1ccccc1O2. The molecule has 2 heterocycles. The van der Waals surface area contributed by atoms with Gasteiger partial charge in [-0.05, 0) is 35.7 Å². The quantitative estimate of drug-likeness (QED) is 0.297. The van der Waals surface area contributed by atoms with Crippen LogP contribution < -0.4 is 10.1 Å². The first-order chi connectivity index (χ1) is 19.0. The Morgan fingerprint density at radius 2 is 1.70 bits per heavy atom.